The summed E-state index contributed by atoms with van der Waals surface area (Å²) in [6, 6.07) is 9.42. The van der Waals surface area contributed by atoms with Crippen molar-refractivity contribution in [3.05, 3.63) is 46.4 Å². The summed E-state index contributed by atoms with van der Waals surface area (Å²) in [5.41, 5.74) is 1.69. The van der Waals surface area contributed by atoms with Crippen LogP contribution in [-0.4, -0.2) is 47.1 Å². The number of pyridine rings is 1. The lowest BCUT2D eigenvalue weighted by Crippen LogP contribution is -2.53. The van der Waals surface area contributed by atoms with Crippen molar-refractivity contribution in [3.8, 4) is 11.5 Å². The van der Waals surface area contributed by atoms with Crippen molar-refractivity contribution in [3.63, 3.8) is 0 Å². The second kappa shape index (κ2) is 6.50. The van der Waals surface area contributed by atoms with Crippen molar-refractivity contribution in [1.29, 1.82) is 0 Å². The topological polar surface area (TPSA) is 90.0 Å². The first-order valence-electron chi connectivity index (χ1n) is 10.0. The summed E-state index contributed by atoms with van der Waals surface area (Å²) in [5.74, 6) is 1.30. The summed E-state index contributed by atoms with van der Waals surface area (Å²) in [7, 11) is 3.36. The number of aliphatic hydroxyl groups is 1. The summed E-state index contributed by atoms with van der Waals surface area (Å²) in [4.78, 5) is 18.7. The van der Waals surface area contributed by atoms with Gasteiger partial charge in [-0.25, -0.2) is 0 Å². The van der Waals surface area contributed by atoms with E-state index in [0.717, 1.165) is 29.8 Å². The minimum Gasteiger partial charge on any atom is -0.497 e. The molecular weight excluding hydrogens is 386 g/mol. The van der Waals surface area contributed by atoms with Crippen molar-refractivity contribution in [2.75, 3.05) is 31.8 Å². The average Bonchev–Trinajstić information content (AvgIpc) is 3.37. The smallest absolute Gasteiger partial charge is 0.298 e. The summed E-state index contributed by atoms with van der Waals surface area (Å²) >= 11 is 0. The Labute approximate surface area is 173 Å². The van der Waals surface area contributed by atoms with Gasteiger partial charge < -0.3 is 28.5 Å². The average molecular weight is 411 g/mol. The third kappa shape index (κ3) is 2.78. The van der Waals surface area contributed by atoms with Gasteiger partial charge in [0.1, 0.15) is 17.0 Å². The molecule has 2 aromatic heterocycles. The van der Waals surface area contributed by atoms with E-state index in [1.807, 2.05) is 31.2 Å². The summed E-state index contributed by atoms with van der Waals surface area (Å²) < 4.78 is 18.9. The Morgan fingerprint density at radius 2 is 2.03 bits per heavy atom. The number of methoxy groups -OCH3 is 1. The number of aromatic nitrogens is 2. The van der Waals surface area contributed by atoms with Gasteiger partial charge in [0.05, 0.1) is 25.9 Å². The van der Waals surface area contributed by atoms with Gasteiger partial charge in [0, 0.05) is 36.8 Å². The first-order chi connectivity index (χ1) is 14.4. The molecule has 2 bridgehead atoms. The highest BCUT2D eigenvalue weighted by molar-refractivity contribution is 5.76. The molecule has 0 amide bonds. The van der Waals surface area contributed by atoms with Gasteiger partial charge in [-0.05, 0) is 38.0 Å². The molecule has 1 saturated carbocycles. The molecule has 1 N–H and O–H groups in total. The number of nitrogens with zero attached hydrogens (tertiary/aromatic N) is 3. The van der Waals surface area contributed by atoms with Gasteiger partial charge in [0.15, 0.2) is 5.58 Å². The van der Waals surface area contributed by atoms with E-state index < -0.39 is 0 Å². The first-order valence-corrected chi connectivity index (χ1v) is 10.0. The van der Waals surface area contributed by atoms with Gasteiger partial charge in [0.2, 0.25) is 0 Å². The molecule has 3 aromatic rings. The van der Waals surface area contributed by atoms with Gasteiger partial charge in [-0.3, -0.25) is 4.79 Å². The van der Waals surface area contributed by atoms with E-state index in [4.69, 9.17) is 13.9 Å². The van der Waals surface area contributed by atoms with Gasteiger partial charge in [-0.15, -0.1) is 0 Å². The molecule has 8 nitrogen and oxygen atoms in total. The molecule has 2 aliphatic heterocycles. The van der Waals surface area contributed by atoms with Crippen LogP contribution < -0.4 is 19.9 Å². The zero-order valence-corrected chi connectivity index (χ0v) is 17.3. The Morgan fingerprint density at radius 1 is 1.23 bits per heavy atom. The van der Waals surface area contributed by atoms with Gasteiger partial charge >= 0.3 is 0 Å². The number of aryl methyl sites for hydroxylation is 1. The molecule has 1 aliphatic carbocycles. The van der Waals surface area contributed by atoms with Crippen LogP contribution in [0.3, 0.4) is 0 Å². The molecule has 8 heteroatoms. The van der Waals surface area contributed by atoms with Gasteiger partial charge in [0.25, 0.3) is 11.6 Å². The second-order valence-electron chi connectivity index (χ2n) is 8.67. The number of anilines is 1. The third-order valence-corrected chi connectivity index (χ3v) is 6.60. The predicted octanol–water partition coefficient (Wildman–Crippen LogP) is 2.25. The summed E-state index contributed by atoms with van der Waals surface area (Å²) in [6.07, 6.45) is 1.59. The van der Waals surface area contributed by atoms with Crippen LogP contribution in [0.15, 0.2) is 39.5 Å². The molecule has 0 unspecified atom stereocenters. The Hall–Kier alpha value is -3.00. The predicted molar refractivity (Wildman–Crippen MR) is 111 cm³/mol. The highest BCUT2D eigenvalue weighted by atomic mass is 16.5. The fourth-order valence-corrected chi connectivity index (χ4v) is 4.96. The molecule has 0 radical (unpaired) electrons. The first kappa shape index (κ1) is 19.0. The van der Waals surface area contributed by atoms with Crippen molar-refractivity contribution in [1.82, 2.24) is 9.55 Å². The molecule has 3 aliphatic rings. The van der Waals surface area contributed by atoms with E-state index in [1.165, 1.54) is 6.07 Å². The fourth-order valence-electron chi connectivity index (χ4n) is 4.96. The number of oxazole rings is 1. The number of fused-ring (bicyclic) bond motifs is 2. The fraction of sp³-hybridized carbons (Fsp3) is 0.455. The zero-order valence-electron chi connectivity index (χ0n) is 17.3. The van der Waals surface area contributed by atoms with E-state index in [-0.39, 0.29) is 23.1 Å². The summed E-state index contributed by atoms with van der Waals surface area (Å²) in [5, 5.41) is 10.1. The summed E-state index contributed by atoms with van der Waals surface area (Å²) in [6.45, 7) is 3.07. The maximum absolute atomic E-state index is 12.0. The molecule has 158 valence electrons. The van der Waals surface area contributed by atoms with Crippen LogP contribution in [0.2, 0.25) is 0 Å². The van der Waals surface area contributed by atoms with E-state index in [0.29, 0.717) is 30.5 Å². The number of hydrogen-bond donors (Lipinski definition) is 1. The third-order valence-electron chi connectivity index (χ3n) is 6.60. The molecule has 4 heterocycles. The number of benzene rings is 1. The molecule has 0 spiro atoms. The molecule has 0 atom stereocenters. The molecule has 3 fully saturated rings. The molecular formula is C22H25N3O5. The molecule has 6 rings (SSSR count). The van der Waals surface area contributed by atoms with Crippen molar-refractivity contribution in [2.24, 2.45) is 12.5 Å². The molecule has 2 saturated heterocycles. The van der Waals surface area contributed by atoms with Crippen LogP contribution >= 0.6 is 0 Å². The minimum absolute atomic E-state index is 0.0295. The normalized spacial score (nSPS) is 24.9. The minimum atomic E-state index is -0.378. The van der Waals surface area contributed by atoms with Gasteiger partial charge in [-0.2, -0.15) is 4.98 Å². The lowest BCUT2D eigenvalue weighted by Gasteiger charge is -2.46. The highest BCUT2D eigenvalue weighted by Gasteiger charge is 2.66. The monoisotopic (exact) mass is 411 g/mol. The quantitative estimate of drug-likeness (QED) is 0.665. The van der Waals surface area contributed by atoms with Crippen LogP contribution in [0.1, 0.15) is 18.5 Å². The van der Waals surface area contributed by atoms with E-state index in [9.17, 15) is 9.90 Å². The van der Waals surface area contributed by atoms with Crippen LogP contribution in [0.4, 0.5) is 6.01 Å². The molecule has 30 heavy (non-hydrogen) atoms. The number of ether oxygens (including phenoxy) is 2. The number of aliphatic hydroxyl groups excluding tert-OH is 1. The second-order valence-corrected chi connectivity index (χ2v) is 8.67. The maximum Gasteiger partial charge on any atom is 0.298 e. The Bertz CT molecular complexity index is 1180. The standard InChI is InChI=1S/C22H25N3O5/c1-14-6-16(8-19(27)24(14)2)29-13-21-9-22(10-21,12-26)25(11-21)20-23-17-7-15(28-3)4-5-18(17)30-20/h4-8,26H,9-13H2,1-3H3. The maximum atomic E-state index is 12.0. The molecule has 1 aromatic carbocycles. The van der Waals surface area contributed by atoms with Crippen molar-refractivity contribution in [2.45, 2.75) is 25.3 Å². The number of rotatable bonds is 6. The Balaban J connectivity index is 1.37. The van der Waals surface area contributed by atoms with E-state index >= 15 is 0 Å². The van der Waals surface area contributed by atoms with Gasteiger partial charge in [-0.1, -0.05) is 0 Å². The van der Waals surface area contributed by atoms with Crippen LogP contribution in [0.5, 0.6) is 11.5 Å². The lowest BCUT2D eigenvalue weighted by molar-refractivity contribution is 0.0252. The zero-order chi connectivity index (χ0) is 21.1. The van der Waals surface area contributed by atoms with Crippen LogP contribution in [0.25, 0.3) is 11.1 Å². The Kier molecular flexibility index (Phi) is 4.12. The van der Waals surface area contributed by atoms with E-state index in [1.54, 1.807) is 18.7 Å². The highest BCUT2D eigenvalue weighted by Crippen LogP contribution is 2.60. The van der Waals surface area contributed by atoms with Crippen LogP contribution in [-0.2, 0) is 7.05 Å². The SMILES string of the molecule is COc1ccc2oc(N3CC4(COc5cc(C)n(C)c(=O)c5)CC3(CO)C4)nc2c1. The Morgan fingerprint density at radius 3 is 2.73 bits per heavy atom. The van der Waals surface area contributed by atoms with E-state index in [2.05, 4.69) is 9.88 Å². The lowest BCUT2D eigenvalue weighted by atomic mass is 9.62. The van der Waals surface area contributed by atoms with Crippen molar-refractivity contribution >= 4 is 17.1 Å². The van der Waals surface area contributed by atoms with Crippen LogP contribution in [0, 0.1) is 12.3 Å². The van der Waals surface area contributed by atoms with Crippen molar-refractivity contribution < 1.29 is 19.0 Å². The number of hydrogen-bond acceptors (Lipinski definition) is 7. The largest absolute Gasteiger partial charge is 0.497 e.